The van der Waals surface area contributed by atoms with Gasteiger partial charge in [0.05, 0.1) is 30.8 Å². The zero-order valence-corrected chi connectivity index (χ0v) is 11.4. The Morgan fingerprint density at radius 3 is 2.47 bits per heavy atom. The number of benzene rings is 1. The number of hydrogen-bond acceptors (Lipinski definition) is 4. The van der Waals surface area contributed by atoms with E-state index in [0.717, 1.165) is 0 Å². The van der Waals surface area contributed by atoms with Crippen molar-refractivity contribution in [1.82, 2.24) is 5.32 Å². The first-order chi connectivity index (χ1) is 8.06. The summed E-state index contributed by atoms with van der Waals surface area (Å²) in [6.07, 6.45) is 0. The molecule has 0 aliphatic heterocycles. The molecule has 6 heteroatoms. The summed E-state index contributed by atoms with van der Waals surface area (Å²) in [5.41, 5.74) is 0.173. The van der Waals surface area contributed by atoms with Crippen LogP contribution >= 0.6 is 15.9 Å². The minimum absolute atomic E-state index is 0.0165. The summed E-state index contributed by atoms with van der Waals surface area (Å²) < 4.78 is 24.1. The van der Waals surface area contributed by atoms with Gasteiger partial charge >= 0.3 is 0 Å². The summed E-state index contributed by atoms with van der Waals surface area (Å²) in [6, 6.07) is 1.49. The van der Waals surface area contributed by atoms with E-state index in [1.54, 1.807) is 7.05 Å². The minimum Gasteiger partial charge on any atom is -0.493 e. The van der Waals surface area contributed by atoms with Crippen LogP contribution in [0.3, 0.4) is 0 Å². The van der Waals surface area contributed by atoms with Crippen LogP contribution in [0.15, 0.2) is 10.5 Å². The molecule has 0 heterocycles. The van der Waals surface area contributed by atoms with Crippen LogP contribution in [0.25, 0.3) is 0 Å². The molecule has 0 unspecified atom stereocenters. The molecule has 0 spiro atoms. The average Bonchev–Trinajstić information content (AvgIpc) is 2.29. The first-order valence-corrected chi connectivity index (χ1v) is 5.63. The number of likely N-dealkylation sites (N-methyl/N-ethyl adjacent to an activating group) is 1. The second-order valence-electron chi connectivity index (χ2n) is 3.24. The average molecular weight is 306 g/mol. The smallest absolute Gasteiger partial charge is 0.208 e. The number of ether oxygens (including phenoxy) is 2. The third kappa shape index (κ3) is 2.76. The zero-order chi connectivity index (χ0) is 13.0. The maximum Gasteiger partial charge on any atom is 0.208 e. The topological polar surface area (TPSA) is 47.6 Å². The van der Waals surface area contributed by atoms with Gasteiger partial charge in [-0.15, -0.1) is 0 Å². The largest absolute Gasteiger partial charge is 0.493 e. The Kier molecular flexibility index (Phi) is 4.89. The Morgan fingerprint density at radius 2 is 2.00 bits per heavy atom. The van der Waals surface area contributed by atoms with Gasteiger partial charge in [0.25, 0.3) is 0 Å². The Bertz CT molecular complexity index is 437. The van der Waals surface area contributed by atoms with Crippen LogP contribution in [0.1, 0.15) is 10.4 Å². The predicted molar refractivity (Wildman–Crippen MR) is 65.5 cm³/mol. The van der Waals surface area contributed by atoms with Crippen molar-refractivity contribution in [3.63, 3.8) is 0 Å². The lowest BCUT2D eigenvalue weighted by Gasteiger charge is -2.13. The summed E-state index contributed by atoms with van der Waals surface area (Å²) >= 11 is 3.15. The lowest BCUT2D eigenvalue weighted by Crippen LogP contribution is -2.19. The Hall–Kier alpha value is -1.14. The van der Waals surface area contributed by atoms with E-state index in [1.807, 2.05) is 0 Å². The lowest BCUT2D eigenvalue weighted by atomic mass is 10.1. The molecule has 0 aromatic heterocycles. The minimum atomic E-state index is -0.691. The molecule has 0 aliphatic carbocycles. The molecule has 1 aromatic rings. The molecule has 1 rings (SSSR count). The third-order valence-electron chi connectivity index (χ3n) is 2.18. The van der Waals surface area contributed by atoms with Crippen molar-refractivity contribution in [3.8, 4) is 11.5 Å². The quantitative estimate of drug-likeness (QED) is 0.845. The van der Waals surface area contributed by atoms with Crippen molar-refractivity contribution in [2.24, 2.45) is 0 Å². The Labute approximate surface area is 107 Å². The van der Waals surface area contributed by atoms with Gasteiger partial charge in [0.2, 0.25) is 5.82 Å². The molecular formula is C11H13BrFNO3. The maximum absolute atomic E-state index is 13.9. The molecule has 1 aromatic carbocycles. The van der Waals surface area contributed by atoms with Crippen molar-refractivity contribution < 1.29 is 18.7 Å². The van der Waals surface area contributed by atoms with Gasteiger partial charge in [-0.1, -0.05) is 0 Å². The SMILES string of the molecule is CNCC(=O)c1cc(Br)c(OC)c(F)c1OC. The Balaban J connectivity index is 3.36. The van der Waals surface area contributed by atoms with Crippen LogP contribution in [-0.4, -0.2) is 33.6 Å². The van der Waals surface area contributed by atoms with Crippen LogP contribution in [0, 0.1) is 5.82 Å². The maximum atomic E-state index is 13.9. The number of hydrogen-bond donors (Lipinski definition) is 1. The molecule has 0 saturated heterocycles. The third-order valence-corrected chi connectivity index (χ3v) is 2.77. The zero-order valence-electron chi connectivity index (χ0n) is 9.77. The van der Waals surface area contributed by atoms with Gasteiger partial charge in [0, 0.05) is 0 Å². The molecule has 4 nitrogen and oxygen atoms in total. The van der Waals surface area contributed by atoms with E-state index in [-0.39, 0.29) is 29.4 Å². The highest BCUT2D eigenvalue weighted by molar-refractivity contribution is 9.10. The molecule has 94 valence electrons. The van der Waals surface area contributed by atoms with E-state index in [0.29, 0.717) is 4.47 Å². The number of carbonyl (C=O) groups excluding carboxylic acids is 1. The number of nitrogens with one attached hydrogen (secondary N) is 1. The summed E-state index contributed by atoms with van der Waals surface area (Å²) in [4.78, 5) is 11.8. The van der Waals surface area contributed by atoms with Gasteiger partial charge in [0.15, 0.2) is 17.3 Å². The molecule has 0 fully saturated rings. The second kappa shape index (κ2) is 5.97. The molecule has 0 bridgehead atoms. The van der Waals surface area contributed by atoms with Crippen LogP contribution in [0.5, 0.6) is 11.5 Å². The van der Waals surface area contributed by atoms with Crippen molar-refractivity contribution >= 4 is 21.7 Å². The predicted octanol–water partition coefficient (Wildman–Crippen LogP) is 2.01. The number of ketones is 1. The number of halogens is 2. The fraction of sp³-hybridized carbons (Fsp3) is 0.364. The highest BCUT2D eigenvalue weighted by Crippen LogP contribution is 2.37. The number of carbonyl (C=O) groups is 1. The van der Waals surface area contributed by atoms with Crippen molar-refractivity contribution in [1.29, 1.82) is 0 Å². The number of rotatable bonds is 5. The summed E-state index contributed by atoms with van der Waals surface area (Å²) in [7, 11) is 4.29. The molecule has 0 saturated carbocycles. The summed E-state index contributed by atoms with van der Waals surface area (Å²) in [6.45, 7) is 0.106. The number of methoxy groups -OCH3 is 2. The van der Waals surface area contributed by atoms with Crippen LogP contribution in [-0.2, 0) is 0 Å². The van der Waals surface area contributed by atoms with E-state index < -0.39 is 5.82 Å². The van der Waals surface area contributed by atoms with Gasteiger partial charge in [-0.05, 0) is 29.0 Å². The van der Waals surface area contributed by atoms with Gasteiger partial charge in [-0.25, -0.2) is 0 Å². The van der Waals surface area contributed by atoms with E-state index >= 15 is 0 Å². The first kappa shape index (κ1) is 13.9. The molecule has 0 atom stereocenters. The van der Waals surface area contributed by atoms with Gasteiger partial charge in [-0.3, -0.25) is 4.79 Å². The second-order valence-corrected chi connectivity index (χ2v) is 4.09. The van der Waals surface area contributed by atoms with E-state index in [2.05, 4.69) is 21.2 Å². The summed E-state index contributed by atoms with van der Waals surface area (Å²) in [5.74, 6) is -1.04. The van der Waals surface area contributed by atoms with Gasteiger partial charge in [0.1, 0.15) is 0 Å². The fourth-order valence-electron chi connectivity index (χ4n) is 1.43. The molecule has 0 aliphatic rings. The van der Waals surface area contributed by atoms with E-state index in [4.69, 9.17) is 9.47 Å². The lowest BCUT2D eigenvalue weighted by molar-refractivity contribution is 0.0989. The summed E-state index contributed by atoms with van der Waals surface area (Å²) in [5, 5.41) is 2.71. The van der Waals surface area contributed by atoms with Crippen LogP contribution in [0.4, 0.5) is 4.39 Å². The number of Topliss-reactive ketones (excluding diaryl/α,β-unsaturated/α-hetero) is 1. The molecule has 0 radical (unpaired) electrons. The van der Waals surface area contributed by atoms with Crippen molar-refractivity contribution in [3.05, 3.63) is 21.9 Å². The normalized spacial score (nSPS) is 10.2. The highest BCUT2D eigenvalue weighted by Gasteiger charge is 2.22. The molecule has 17 heavy (non-hydrogen) atoms. The molecular weight excluding hydrogens is 293 g/mol. The van der Waals surface area contributed by atoms with Crippen molar-refractivity contribution in [2.45, 2.75) is 0 Å². The van der Waals surface area contributed by atoms with Gasteiger partial charge in [-0.2, -0.15) is 4.39 Å². The van der Waals surface area contributed by atoms with Crippen LogP contribution in [0.2, 0.25) is 0 Å². The molecule has 0 amide bonds. The highest BCUT2D eigenvalue weighted by atomic mass is 79.9. The van der Waals surface area contributed by atoms with E-state index in [1.165, 1.54) is 20.3 Å². The van der Waals surface area contributed by atoms with Crippen LogP contribution < -0.4 is 14.8 Å². The van der Waals surface area contributed by atoms with Crippen molar-refractivity contribution in [2.75, 3.05) is 27.8 Å². The molecule has 1 N–H and O–H groups in total. The standard InChI is InChI=1S/C11H13BrFNO3/c1-14-5-8(15)6-4-7(12)11(17-3)9(13)10(6)16-2/h4,14H,5H2,1-3H3. The fourth-order valence-corrected chi connectivity index (χ4v) is 2.00. The van der Waals surface area contributed by atoms with E-state index in [9.17, 15) is 9.18 Å². The Morgan fingerprint density at radius 1 is 1.41 bits per heavy atom. The van der Waals surface area contributed by atoms with Gasteiger partial charge < -0.3 is 14.8 Å². The first-order valence-electron chi connectivity index (χ1n) is 4.84. The monoisotopic (exact) mass is 305 g/mol.